The molecule has 0 amide bonds. The Bertz CT molecular complexity index is 579. The lowest BCUT2D eigenvalue weighted by atomic mass is 9.86. The van der Waals surface area contributed by atoms with Gasteiger partial charge in [-0.3, -0.25) is 0 Å². The first-order valence-corrected chi connectivity index (χ1v) is 7.30. The second-order valence-electron chi connectivity index (χ2n) is 5.93. The predicted octanol–water partition coefficient (Wildman–Crippen LogP) is 4.32. The normalized spacial score (nSPS) is 14.1. The van der Waals surface area contributed by atoms with E-state index in [0.717, 1.165) is 12.0 Å². The molecule has 0 fully saturated rings. The average Bonchev–Trinajstić information content (AvgIpc) is 2.43. The lowest BCUT2D eigenvalue weighted by Crippen LogP contribution is -2.24. The van der Waals surface area contributed by atoms with E-state index in [1.165, 1.54) is 22.3 Å². The summed E-state index contributed by atoms with van der Waals surface area (Å²) in [5, 5.41) is 10.8. The number of benzene rings is 2. The van der Waals surface area contributed by atoms with Crippen molar-refractivity contribution in [3.63, 3.8) is 0 Å². The molecule has 1 nitrogen and oxygen atoms in total. The molecule has 0 heterocycles. The Morgan fingerprint density at radius 3 is 2.25 bits per heavy atom. The number of hydrogen-bond donors (Lipinski definition) is 1. The van der Waals surface area contributed by atoms with Crippen LogP contribution in [0.2, 0.25) is 0 Å². The maximum Gasteiger partial charge on any atom is 0.0908 e. The van der Waals surface area contributed by atoms with E-state index in [4.69, 9.17) is 0 Å². The van der Waals surface area contributed by atoms with E-state index < -0.39 is 5.60 Å². The molecule has 0 aliphatic rings. The first-order valence-electron chi connectivity index (χ1n) is 7.30. The highest BCUT2D eigenvalue weighted by Gasteiger charge is 2.24. The number of aryl methyl sites for hydroxylation is 3. The largest absolute Gasteiger partial charge is 0.385 e. The molecule has 0 aliphatic carbocycles. The molecule has 1 unspecified atom stereocenters. The van der Waals surface area contributed by atoms with Crippen LogP contribution in [0.1, 0.15) is 41.7 Å². The molecular formula is C19H24O. The minimum absolute atomic E-state index is 0.645. The third-order valence-electron chi connectivity index (χ3n) is 4.02. The van der Waals surface area contributed by atoms with E-state index in [1.807, 2.05) is 19.1 Å². The van der Waals surface area contributed by atoms with Crippen molar-refractivity contribution in [3.8, 4) is 0 Å². The molecule has 0 spiro atoms. The van der Waals surface area contributed by atoms with Crippen LogP contribution in [0.4, 0.5) is 0 Å². The van der Waals surface area contributed by atoms with Crippen LogP contribution in [0.5, 0.6) is 0 Å². The quantitative estimate of drug-likeness (QED) is 0.875. The van der Waals surface area contributed by atoms with Crippen LogP contribution in [-0.2, 0) is 18.4 Å². The molecule has 1 heteroatoms. The first kappa shape index (κ1) is 14.8. The second-order valence-corrected chi connectivity index (χ2v) is 5.93. The molecule has 0 aromatic heterocycles. The van der Waals surface area contributed by atoms with Crippen molar-refractivity contribution in [2.75, 3.05) is 0 Å². The lowest BCUT2D eigenvalue weighted by molar-refractivity contribution is 0.0574. The Hall–Kier alpha value is -1.60. The maximum atomic E-state index is 10.8. The molecule has 1 atom stereocenters. The average molecular weight is 268 g/mol. The highest BCUT2D eigenvalue weighted by atomic mass is 16.3. The zero-order chi connectivity index (χ0) is 14.8. The SMILES string of the molecule is CCc1ccc(C(C)(O)Cc2cc(C)ccc2C)cc1. The topological polar surface area (TPSA) is 20.2 Å². The summed E-state index contributed by atoms with van der Waals surface area (Å²) in [6.45, 7) is 8.23. The molecule has 0 saturated carbocycles. The third-order valence-corrected chi connectivity index (χ3v) is 4.02. The van der Waals surface area contributed by atoms with Crippen molar-refractivity contribution < 1.29 is 5.11 Å². The minimum atomic E-state index is -0.829. The Labute approximate surface area is 122 Å². The van der Waals surface area contributed by atoms with Gasteiger partial charge in [0.1, 0.15) is 0 Å². The monoisotopic (exact) mass is 268 g/mol. The van der Waals surface area contributed by atoms with E-state index in [2.05, 4.69) is 51.1 Å². The molecule has 20 heavy (non-hydrogen) atoms. The van der Waals surface area contributed by atoms with Crippen LogP contribution in [-0.4, -0.2) is 5.11 Å². The van der Waals surface area contributed by atoms with Gasteiger partial charge < -0.3 is 5.11 Å². The van der Waals surface area contributed by atoms with Crippen LogP contribution in [0.3, 0.4) is 0 Å². The first-order chi connectivity index (χ1) is 9.42. The maximum absolute atomic E-state index is 10.8. The van der Waals surface area contributed by atoms with Crippen molar-refractivity contribution in [1.29, 1.82) is 0 Å². The predicted molar refractivity (Wildman–Crippen MR) is 85.0 cm³/mol. The van der Waals surface area contributed by atoms with Crippen molar-refractivity contribution in [1.82, 2.24) is 0 Å². The summed E-state index contributed by atoms with van der Waals surface area (Å²) in [4.78, 5) is 0. The summed E-state index contributed by atoms with van der Waals surface area (Å²) in [6, 6.07) is 14.7. The zero-order valence-electron chi connectivity index (χ0n) is 12.9. The van der Waals surface area contributed by atoms with E-state index in [0.29, 0.717) is 6.42 Å². The highest BCUT2D eigenvalue weighted by molar-refractivity contribution is 5.34. The number of rotatable bonds is 4. The molecule has 0 aliphatic heterocycles. The number of aliphatic hydroxyl groups is 1. The summed E-state index contributed by atoms with van der Waals surface area (Å²) in [6.07, 6.45) is 1.67. The van der Waals surface area contributed by atoms with Crippen molar-refractivity contribution in [2.24, 2.45) is 0 Å². The van der Waals surface area contributed by atoms with Crippen LogP contribution >= 0.6 is 0 Å². The van der Waals surface area contributed by atoms with Gasteiger partial charge >= 0.3 is 0 Å². The highest BCUT2D eigenvalue weighted by Crippen LogP contribution is 2.27. The van der Waals surface area contributed by atoms with Crippen molar-refractivity contribution in [3.05, 3.63) is 70.3 Å². The molecule has 1 N–H and O–H groups in total. The summed E-state index contributed by atoms with van der Waals surface area (Å²) in [7, 11) is 0. The van der Waals surface area contributed by atoms with E-state index in [9.17, 15) is 5.11 Å². The Morgan fingerprint density at radius 2 is 1.65 bits per heavy atom. The molecule has 0 bridgehead atoms. The van der Waals surface area contributed by atoms with Gasteiger partial charge in [0.15, 0.2) is 0 Å². The van der Waals surface area contributed by atoms with Gasteiger partial charge in [0.2, 0.25) is 0 Å². The summed E-state index contributed by atoms with van der Waals surface area (Å²) in [5.74, 6) is 0. The minimum Gasteiger partial charge on any atom is -0.385 e. The van der Waals surface area contributed by atoms with Gasteiger partial charge in [0.05, 0.1) is 5.60 Å². The van der Waals surface area contributed by atoms with Gasteiger partial charge in [-0.1, -0.05) is 55.0 Å². The molecule has 0 saturated heterocycles. The fourth-order valence-electron chi connectivity index (χ4n) is 2.56. The zero-order valence-corrected chi connectivity index (χ0v) is 12.9. The molecule has 106 valence electrons. The van der Waals surface area contributed by atoms with Crippen molar-refractivity contribution in [2.45, 2.75) is 46.1 Å². The smallest absolute Gasteiger partial charge is 0.0908 e. The van der Waals surface area contributed by atoms with Gasteiger partial charge in [0, 0.05) is 6.42 Å². The summed E-state index contributed by atoms with van der Waals surface area (Å²) < 4.78 is 0. The molecule has 2 aromatic rings. The van der Waals surface area contributed by atoms with Gasteiger partial charge in [-0.05, 0) is 49.4 Å². The van der Waals surface area contributed by atoms with Gasteiger partial charge in [-0.25, -0.2) is 0 Å². The Kier molecular flexibility index (Phi) is 4.29. The summed E-state index contributed by atoms with van der Waals surface area (Å²) >= 11 is 0. The second kappa shape index (κ2) is 5.80. The standard InChI is InChI=1S/C19H24O/c1-5-16-8-10-18(11-9-16)19(4,20)13-17-12-14(2)6-7-15(17)3/h6-12,20H,5,13H2,1-4H3. The fraction of sp³-hybridized carbons (Fsp3) is 0.368. The van der Waals surface area contributed by atoms with E-state index >= 15 is 0 Å². The summed E-state index contributed by atoms with van der Waals surface area (Å²) in [5.41, 5.74) is 5.15. The van der Waals surface area contributed by atoms with Gasteiger partial charge in [0.25, 0.3) is 0 Å². The fourth-order valence-corrected chi connectivity index (χ4v) is 2.56. The number of hydrogen-bond acceptors (Lipinski definition) is 1. The molecule has 2 rings (SSSR count). The third kappa shape index (κ3) is 3.29. The Morgan fingerprint density at radius 1 is 1.00 bits per heavy atom. The van der Waals surface area contributed by atoms with Crippen LogP contribution < -0.4 is 0 Å². The van der Waals surface area contributed by atoms with Crippen LogP contribution in [0.25, 0.3) is 0 Å². The molecular weight excluding hydrogens is 244 g/mol. The van der Waals surface area contributed by atoms with E-state index in [-0.39, 0.29) is 0 Å². The molecule has 2 aromatic carbocycles. The van der Waals surface area contributed by atoms with Crippen LogP contribution in [0, 0.1) is 13.8 Å². The lowest BCUT2D eigenvalue weighted by Gasteiger charge is -2.25. The van der Waals surface area contributed by atoms with Crippen molar-refractivity contribution >= 4 is 0 Å². The Balaban J connectivity index is 2.27. The van der Waals surface area contributed by atoms with Gasteiger partial charge in [-0.15, -0.1) is 0 Å². The molecule has 0 radical (unpaired) electrons. The van der Waals surface area contributed by atoms with Crippen LogP contribution in [0.15, 0.2) is 42.5 Å². The van der Waals surface area contributed by atoms with Gasteiger partial charge in [-0.2, -0.15) is 0 Å². The van der Waals surface area contributed by atoms with E-state index in [1.54, 1.807) is 0 Å².